The highest BCUT2D eigenvalue weighted by atomic mass is 16.5. The molecular formula is C27H37N3O7. The van der Waals surface area contributed by atoms with Crippen LogP contribution in [0, 0.1) is 0 Å². The van der Waals surface area contributed by atoms with Crippen molar-refractivity contribution >= 4 is 23.8 Å². The second-order valence-corrected chi connectivity index (χ2v) is 9.52. The molecule has 2 aromatic rings. The van der Waals surface area contributed by atoms with Crippen LogP contribution in [0.15, 0.2) is 42.5 Å². The van der Waals surface area contributed by atoms with E-state index in [4.69, 9.17) is 19.9 Å². The van der Waals surface area contributed by atoms with Gasteiger partial charge in [-0.15, -0.1) is 0 Å². The quantitative estimate of drug-likeness (QED) is 0.301. The first-order chi connectivity index (χ1) is 17.5. The Hall–Kier alpha value is -3.95. The van der Waals surface area contributed by atoms with Crippen LogP contribution in [0.25, 0.3) is 0 Å². The van der Waals surface area contributed by atoms with Crippen molar-refractivity contribution in [1.29, 1.82) is 0 Å². The molecule has 0 unspecified atom stereocenters. The third kappa shape index (κ3) is 8.30. The van der Waals surface area contributed by atoms with Gasteiger partial charge >= 0.3 is 18.1 Å². The van der Waals surface area contributed by atoms with Gasteiger partial charge in [0.25, 0.3) is 0 Å². The molecule has 2 rings (SSSR count). The number of benzene rings is 2. The first kappa shape index (κ1) is 29.3. The van der Waals surface area contributed by atoms with Gasteiger partial charge in [-0.2, -0.15) is 0 Å². The number of methoxy groups -OCH3 is 2. The van der Waals surface area contributed by atoms with Crippen LogP contribution in [0.1, 0.15) is 51.2 Å². The van der Waals surface area contributed by atoms with E-state index in [-0.39, 0.29) is 30.2 Å². The fourth-order valence-corrected chi connectivity index (χ4v) is 3.87. The number of amides is 3. The van der Waals surface area contributed by atoms with Crippen LogP contribution < -0.4 is 20.7 Å². The van der Waals surface area contributed by atoms with Gasteiger partial charge in [0.1, 0.15) is 24.1 Å². The van der Waals surface area contributed by atoms with Crippen molar-refractivity contribution in [2.24, 2.45) is 5.73 Å². The summed E-state index contributed by atoms with van der Waals surface area (Å²) in [7, 11) is 2.65. The van der Waals surface area contributed by atoms with Gasteiger partial charge in [0.15, 0.2) is 0 Å². The Balaban J connectivity index is 2.08. The Kier molecular flexibility index (Phi) is 10.6. The number of esters is 1. The number of rotatable bonds is 11. The van der Waals surface area contributed by atoms with E-state index in [1.807, 2.05) is 51.1 Å². The number of nitrogens with two attached hydrogens (primary N) is 1. The molecule has 0 aromatic heterocycles. The normalized spacial score (nSPS) is 11.8. The van der Waals surface area contributed by atoms with Crippen molar-refractivity contribution in [1.82, 2.24) is 5.32 Å². The number of phenolic OH excluding ortho intramolecular Hbond substituents is 1. The van der Waals surface area contributed by atoms with Crippen molar-refractivity contribution in [2.45, 2.75) is 58.1 Å². The summed E-state index contributed by atoms with van der Waals surface area (Å²) in [6.45, 7) is 6.25. The SMILES string of the molecule is COC(=O)[C@H](CCCCNC(=O)OCc1ccccc1)N(C(N)=O)c1cc(O)c(C(C)(C)C)cc1OC. The molecule has 0 fully saturated rings. The summed E-state index contributed by atoms with van der Waals surface area (Å²) < 4.78 is 15.6. The summed E-state index contributed by atoms with van der Waals surface area (Å²) in [6.07, 6.45) is 0.607. The number of carbonyl (C=O) groups is 3. The fraction of sp³-hybridized carbons (Fsp3) is 0.444. The predicted molar refractivity (Wildman–Crippen MR) is 140 cm³/mol. The topological polar surface area (TPSA) is 140 Å². The Bertz CT molecular complexity index is 1070. The Morgan fingerprint density at radius 1 is 1.08 bits per heavy atom. The molecule has 0 saturated heterocycles. The highest BCUT2D eigenvalue weighted by Gasteiger charge is 2.34. The molecule has 0 aliphatic carbocycles. The minimum absolute atomic E-state index is 0.0589. The molecule has 10 heteroatoms. The number of hydrogen-bond acceptors (Lipinski definition) is 7. The number of urea groups is 1. The van der Waals surface area contributed by atoms with E-state index in [1.165, 1.54) is 20.3 Å². The van der Waals surface area contributed by atoms with Crippen LogP contribution in [-0.4, -0.2) is 50.0 Å². The molecule has 0 radical (unpaired) electrons. The number of alkyl carbamates (subject to hydrolysis) is 1. The smallest absolute Gasteiger partial charge is 0.407 e. The van der Waals surface area contributed by atoms with Gasteiger partial charge in [-0.25, -0.2) is 14.4 Å². The minimum Gasteiger partial charge on any atom is -0.508 e. The number of carbonyl (C=O) groups excluding carboxylic acids is 3. The molecule has 3 amide bonds. The van der Waals surface area contributed by atoms with Crippen molar-refractivity contribution in [3.8, 4) is 11.5 Å². The van der Waals surface area contributed by atoms with Crippen molar-refractivity contribution in [2.75, 3.05) is 25.7 Å². The van der Waals surface area contributed by atoms with Crippen LogP contribution in [0.5, 0.6) is 11.5 Å². The third-order valence-corrected chi connectivity index (χ3v) is 5.77. The van der Waals surface area contributed by atoms with Crippen molar-refractivity contribution in [3.05, 3.63) is 53.6 Å². The number of nitrogens with zero attached hydrogens (tertiary/aromatic N) is 1. The third-order valence-electron chi connectivity index (χ3n) is 5.77. The molecule has 0 heterocycles. The molecule has 4 N–H and O–H groups in total. The number of hydrogen-bond donors (Lipinski definition) is 3. The average molecular weight is 516 g/mol. The summed E-state index contributed by atoms with van der Waals surface area (Å²) in [5.74, 6) is -0.454. The molecule has 10 nitrogen and oxygen atoms in total. The van der Waals surface area contributed by atoms with Gasteiger partial charge in [0.2, 0.25) is 0 Å². The number of anilines is 1. The summed E-state index contributed by atoms with van der Waals surface area (Å²) in [4.78, 5) is 38.2. The van der Waals surface area contributed by atoms with E-state index in [2.05, 4.69) is 5.32 Å². The number of unbranched alkanes of at least 4 members (excludes halogenated alkanes) is 1. The highest BCUT2D eigenvalue weighted by molar-refractivity contribution is 5.99. The Morgan fingerprint density at radius 3 is 2.32 bits per heavy atom. The van der Waals surface area contributed by atoms with E-state index in [1.54, 1.807) is 6.07 Å². The number of nitrogens with one attached hydrogen (secondary N) is 1. The van der Waals surface area contributed by atoms with Crippen LogP contribution >= 0.6 is 0 Å². The first-order valence-corrected chi connectivity index (χ1v) is 12.0. The minimum atomic E-state index is -1.07. The zero-order valence-electron chi connectivity index (χ0n) is 22.1. The largest absolute Gasteiger partial charge is 0.508 e. The highest BCUT2D eigenvalue weighted by Crippen LogP contribution is 2.41. The van der Waals surface area contributed by atoms with Crippen LogP contribution in [0.3, 0.4) is 0 Å². The summed E-state index contributed by atoms with van der Waals surface area (Å²) >= 11 is 0. The molecule has 0 aliphatic heterocycles. The van der Waals surface area contributed by atoms with Crippen LogP contribution in [-0.2, 0) is 26.3 Å². The maximum atomic E-state index is 12.7. The second-order valence-electron chi connectivity index (χ2n) is 9.52. The maximum Gasteiger partial charge on any atom is 0.407 e. The van der Waals surface area contributed by atoms with Crippen LogP contribution in [0.4, 0.5) is 15.3 Å². The lowest BCUT2D eigenvalue weighted by molar-refractivity contribution is -0.142. The molecule has 202 valence electrons. The predicted octanol–water partition coefficient (Wildman–Crippen LogP) is 4.22. The number of aromatic hydroxyl groups is 1. The molecule has 37 heavy (non-hydrogen) atoms. The Labute approximate surface area is 217 Å². The van der Waals surface area contributed by atoms with Gasteiger partial charge in [-0.1, -0.05) is 51.1 Å². The van der Waals surface area contributed by atoms with E-state index >= 15 is 0 Å². The van der Waals surface area contributed by atoms with Gasteiger partial charge < -0.3 is 30.4 Å². The van der Waals surface area contributed by atoms with Crippen molar-refractivity contribution in [3.63, 3.8) is 0 Å². The van der Waals surface area contributed by atoms with E-state index in [0.29, 0.717) is 24.9 Å². The lowest BCUT2D eigenvalue weighted by atomic mass is 9.86. The van der Waals surface area contributed by atoms with E-state index in [9.17, 15) is 19.5 Å². The van der Waals surface area contributed by atoms with Crippen LogP contribution in [0.2, 0.25) is 0 Å². The fourth-order valence-electron chi connectivity index (χ4n) is 3.87. The van der Waals surface area contributed by atoms with Gasteiger partial charge in [-0.05, 0) is 36.3 Å². The first-order valence-electron chi connectivity index (χ1n) is 12.0. The zero-order valence-corrected chi connectivity index (χ0v) is 22.1. The van der Waals surface area contributed by atoms with Gasteiger partial charge in [0, 0.05) is 18.2 Å². The van der Waals surface area contributed by atoms with Gasteiger partial charge in [0.05, 0.1) is 19.9 Å². The lowest BCUT2D eigenvalue weighted by Gasteiger charge is -2.31. The Morgan fingerprint density at radius 2 is 1.76 bits per heavy atom. The molecule has 2 aromatic carbocycles. The average Bonchev–Trinajstić information content (AvgIpc) is 2.85. The van der Waals surface area contributed by atoms with E-state index < -0.39 is 29.6 Å². The van der Waals surface area contributed by atoms with Crippen molar-refractivity contribution < 1.29 is 33.7 Å². The second kappa shape index (κ2) is 13.4. The molecular weight excluding hydrogens is 478 g/mol. The monoisotopic (exact) mass is 515 g/mol. The summed E-state index contributed by atoms with van der Waals surface area (Å²) in [5.41, 5.74) is 6.92. The molecule has 0 bridgehead atoms. The lowest BCUT2D eigenvalue weighted by Crippen LogP contribution is -2.48. The molecule has 0 spiro atoms. The van der Waals surface area contributed by atoms with E-state index in [0.717, 1.165) is 10.5 Å². The molecule has 0 aliphatic rings. The van der Waals surface area contributed by atoms with Gasteiger partial charge in [-0.3, -0.25) is 4.90 Å². The number of primary amides is 1. The zero-order chi connectivity index (χ0) is 27.6. The number of phenols is 1. The number of ether oxygens (including phenoxy) is 3. The maximum absolute atomic E-state index is 12.7. The molecule has 1 atom stereocenters. The molecule has 0 saturated carbocycles. The summed E-state index contributed by atoms with van der Waals surface area (Å²) in [6, 6.07) is 10.3. The standard InChI is InChI=1S/C27H37N3O7/c1-27(2,3)19-15-23(35-4)21(16-22(19)31)30(25(28)33)20(24(32)36-5)13-9-10-14-29-26(34)37-17-18-11-7-6-8-12-18/h6-8,11-12,15-16,20,31H,9-10,13-14,17H2,1-5H3,(H2,28,33)(H,29,34)/t20-/m0/s1. The summed E-state index contributed by atoms with van der Waals surface area (Å²) in [5, 5.41) is 13.3.